The number of aromatic nitrogens is 1. The zero-order valence-electron chi connectivity index (χ0n) is 14.1. The zero-order valence-corrected chi connectivity index (χ0v) is 14.1. The Morgan fingerprint density at radius 2 is 1.76 bits per heavy atom. The lowest BCUT2D eigenvalue weighted by molar-refractivity contribution is -0.140. The third-order valence-electron chi connectivity index (χ3n) is 3.74. The Morgan fingerprint density at radius 3 is 2.36 bits per heavy atom. The van der Waals surface area contributed by atoms with E-state index in [0.717, 1.165) is 0 Å². The predicted molar refractivity (Wildman–Crippen MR) is 92.4 cm³/mol. The lowest BCUT2D eigenvalue weighted by Crippen LogP contribution is -2.44. The van der Waals surface area contributed by atoms with Crippen LogP contribution in [-0.2, 0) is 11.2 Å². The smallest absolute Gasteiger partial charge is 0.326 e. The number of amides is 1. The Balaban J connectivity index is 2.11. The molecule has 130 valence electrons. The molecule has 1 aromatic carbocycles. The number of rotatable bonds is 7. The van der Waals surface area contributed by atoms with Gasteiger partial charge in [0.05, 0.1) is 6.42 Å². The molecule has 2 N–H and O–H groups in total. The Kier molecular flexibility index (Phi) is 6.00. The van der Waals surface area contributed by atoms with Gasteiger partial charge in [0.25, 0.3) is 5.91 Å². The second-order valence-electron chi connectivity index (χ2n) is 6.04. The number of nitrogens with zero attached hydrogens (tertiary/aromatic N) is 1. The molecule has 2 aromatic rings. The molecule has 1 amide bonds. The van der Waals surface area contributed by atoms with Crippen molar-refractivity contribution in [3.05, 3.63) is 65.5 Å². The van der Waals surface area contributed by atoms with Crippen molar-refractivity contribution in [1.82, 2.24) is 10.3 Å². The molecule has 0 fully saturated rings. The van der Waals surface area contributed by atoms with Crippen LogP contribution in [0.3, 0.4) is 0 Å². The van der Waals surface area contributed by atoms with Crippen LogP contribution in [0.5, 0.6) is 0 Å². The number of ketones is 1. The summed E-state index contributed by atoms with van der Waals surface area (Å²) < 4.78 is 0. The second-order valence-corrected chi connectivity index (χ2v) is 6.04. The van der Waals surface area contributed by atoms with Gasteiger partial charge in [-0.25, -0.2) is 4.79 Å². The molecule has 0 saturated carbocycles. The first-order valence-corrected chi connectivity index (χ1v) is 7.95. The average Bonchev–Trinajstić information content (AvgIpc) is 2.59. The van der Waals surface area contributed by atoms with Crippen molar-refractivity contribution in [2.24, 2.45) is 5.92 Å². The maximum atomic E-state index is 12.3. The highest BCUT2D eigenvalue weighted by Crippen LogP contribution is 2.09. The molecule has 0 radical (unpaired) electrons. The first-order chi connectivity index (χ1) is 11.9. The summed E-state index contributed by atoms with van der Waals surface area (Å²) in [6.45, 7) is 3.44. The van der Waals surface area contributed by atoms with E-state index in [4.69, 9.17) is 5.11 Å². The van der Waals surface area contributed by atoms with E-state index in [2.05, 4.69) is 10.3 Å². The van der Waals surface area contributed by atoms with E-state index >= 15 is 0 Å². The topological polar surface area (TPSA) is 96.4 Å². The minimum absolute atomic E-state index is 0.0671. The Morgan fingerprint density at radius 1 is 1.08 bits per heavy atom. The van der Waals surface area contributed by atoms with Gasteiger partial charge in [-0.15, -0.1) is 0 Å². The highest BCUT2D eigenvalue weighted by molar-refractivity contribution is 5.99. The third kappa shape index (κ3) is 4.97. The average molecular weight is 340 g/mol. The van der Waals surface area contributed by atoms with Crippen molar-refractivity contribution in [1.29, 1.82) is 0 Å². The standard InChI is InChI=1S/C19H20N2O4/c1-12(2)17(19(24)25)21-18(23)14-8-9-20-15(10-14)11-16(22)13-6-4-3-5-7-13/h3-10,12,17H,11H2,1-2H3,(H,21,23)(H,24,25). The van der Waals surface area contributed by atoms with Crippen LogP contribution in [0.1, 0.15) is 40.3 Å². The van der Waals surface area contributed by atoms with E-state index in [1.165, 1.54) is 18.3 Å². The predicted octanol–water partition coefficient (Wildman–Crippen LogP) is 2.35. The Hall–Kier alpha value is -3.02. The second kappa shape index (κ2) is 8.19. The van der Waals surface area contributed by atoms with Gasteiger partial charge in [-0.1, -0.05) is 44.2 Å². The minimum atomic E-state index is -1.09. The quantitative estimate of drug-likeness (QED) is 0.754. The molecule has 0 spiro atoms. The van der Waals surface area contributed by atoms with Gasteiger partial charge >= 0.3 is 5.97 Å². The molecule has 1 aromatic heterocycles. The number of carbonyl (C=O) groups is 3. The molecular weight excluding hydrogens is 320 g/mol. The molecule has 2 rings (SSSR count). The number of Topliss-reactive ketones (excluding diaryl/α,β-unsaturated/α-hetero) is 1. The first-order valence-electron chi connectivity index (χ1n) is 7.95. The molecule has 0 aliphatic carbocycles. The molecule has 6 heteroatoms. The van der Waals surface area contributed by atoms with Crippen molar-refractivity contribution >= 4 is 17.7 Å². The minimum Gasteiger partial charge on any atom is -0.480 e. The Bertz CT molecular complexity index is 772. The fourth-order valence-electron chi connectivity index (χ4n) is 2.34. The van der Waals surface area contributed by atoms with Crippen LogP contribution < -0.4 is 5.32 Å². The van der Waals surface area contributed by atoms with Crippen molar-refractivity contribution < 1.29 is 19.5 Å². The molecule has 1 heterocycles. The number of nitrogens with one attached hydrogen (secondary N) is 1. The van der Waals surface area contributed by atoms with Crippen molar-refractivity contribution in [3.63, 3.8) is 0 Å². The third-order valence-corrected chi connectivity index (χ3v) is 3.74. The number of hydrogen-bond donors (Lipinski definition) is 2. The molecule has 0 aliphatic rings. The fraction of sp³-hybridized carbons (Fsp3) is 0.263. The number of carbonyl (C=O) groups excluding carboxylic acids is 2. The molecule has 0 aliphatic heterocycles. The normalized spacial score (nSPS) is 11.8. The van der Waals surface area contributed by atoms with E-state index in [1.807, 2.05) is 6.07 Å². The van der Waals surface area contributed by atoms with Crippen molar-refractivity contribution in [2.75, 3.05) is 0 Å². The largest absolute Gasteiger partial charge is 0.480 e. The fourth-order valence-corrected chi connectivity index (χ4v) is 2.34. The van der Waals surface area contributed by atoms with Crippen LogP contribution in [0.4, 0.5) is 0 Å². The number of benzene rings is 1. The molecule has 1 atom stereocenters. The maximum Gasteiger partial charge on any atom is 0.326 e. The maximum absolute atomic E-state index is 12.3. The molecule has 25 heavy (non-hydrogen) atoms. The van der Waals surface area contributed by atoms with Crippen LogP contribution in [0.2, 0.25) is 0 Å². The summed E-state index contributed by atoms with van der Waals surface area (Å²) in [4.78, 5) is 39.8. The highest BCUT2D eigenvalue weighted by Gasteiger charge is 2.24. The summed E-state index contributed by atoms with van der Waals surface area (Å²) in [5.41, 5.74) is 1.31. The number of hydrogen-bond acceptors (Lipinski definition) is 4. The van der Waals surface area contributed by atoms with Gasteiger partial charge in [0.2, 0.25) is 0 Å². The van der Waals surface area contributed by atoms with E-state index in [-0.39, 0.29) is 23.7 Å². The number of pyridine rings is 1. The van der Waals surface area contributed by atoms with Crippen LogP contribution in [0, 0.1) is 5.92 Å². The van der Waals surface area contributed by atoms with Crippen LogP contribution in [0.15, 0.2) is 48.7 Å². The molecule has 6 nitrogen and oxygen atoms in total. The SMILES string of the molecule is CC(C)C(NC(=O)c1ccnc(CC(=O)c2ccccc2)c1)C(=O)O. The van der Waals surface area contributed by atoms with Crippen LogP contribution in [-0.4, -0.2) is 33.8 Å². The van der Waals surface area contributed by atoms with Gasteiger partial charge in [-0.3, -0.25) is 14.6 Å². The van der Waals surface area contributed by atoms with E-state index in [9.17, 15) is 14.4 Å². The summed E-state index contributed by atoms with van der Waals surface area (Å²) in [6, 6.07) is 10.9. The van der Waals surface area contributed by atoms with Crippen LogP contribution >= 0.6 is 0 Å². The van der Waals surface area contributed by atoms with E-state index in [1.54, 1.807) is 38.1 Å². The van der Waals surface area contributed by atoms with Crippen molar-refractivity contribution in [3.8, 4) is 0 Å². The number of carboxylic acid groups (broad SMARTS) is 1. The van der Waals surface area contributed by atoms with E-state index < -0.39 is 17.9 Å². The lowest BCUT2D eigenvalue weighted by Gasteiger charge is -2.18. The Labute approximate surface area is 145 Å². The van der Waals surface area contributed by atoms with E-state index in [0.29, 0.717) is 11.3 Å². The number of carboxylic acids is 1. The van der Waals surface area contributed by atoms with Gasteiger partial charge < -0.3 is 10.4 Å². The molecule has 0 saturated heterocycles. The molecule has 0 bridgehead atoms. The van der Waals surface area contributed by atoms with Gasteiger partial charge in [0.1, 0.15) is 6.04 Å². The number of aliphatic carboxylic acids is 1. The summed E-state index contributed by atoms with van der Waals surface area (Å²) in [6.07, 6.45) is 1.51. The monoisotopic (exact) mass is 340 g/mol. The first kappa shape index (κ1) is 18.3. The summed E-state index contributed by atoms with van der Waals surface area (Å²) in [5, 5.41) is 11.7. The van der Waals surface area contributed by atoms with Gasteiger partial charge in [-0.2, -0.15) is 0 Å². The summed E-state index contributed by atoms with van der Waals surface area (Å²) in [5.74, 6) is -1.94. The van der Waals surface area contributed by atoms with Gasteiger partial charge in [-0.05, 0) is 18.1 Å². The summed E-state index contributed by atoms with van der Waals surface area (Å²) in [7, 11) is 0. The van der Waals surface area contributed by atoms with Crippen molar-refractivity contribution in [2.45, 2.75) is 26.3 Å². The van der Waals surface area contributed by atoms with Gasteiger partial charge in [0, 0.05) is 23.0 Å². The highest BCUT2D eigenvalue weighted by atomic mass is 16.4. The zero-order chi connectivity index (χ0) is 18.4. The lowest BCUT2D eigenvalue weighted by atomic mass is 10.0. The van der Waals surface area contributed by atoms with Crippen LogP contribution in [0.25, 0.3) is 0 Å². The van der Waals surface area contributed by atoms with Gasteiger partial charge in [0.15, 0.2) is 5.78 Å². The summed E-state index contributed by atoms with van der Waals surface area (Å²) >= 11 is 0. The molecule has 1 unspecified atom stereocenters. The molecular formula is C19H20N2O4.